The molecular weight excluding hydrogens is 216 g/mol. The normalized spacial score (nSPS) is 9.94. The third kappa shape index (κ3) is 2.78. The van der Waals surface area contributed by atoms with Crippen molar-refractivity contribution in [1.29, 1.82) is 0 Å². The average Bonchev–Trinajstić information content (AvgIpc) is 2.29. The molecule has 0 aromatic carbocycles. The standard InChI is InChI=1S/C12H12N4O/c1-8-5-9(6-11(13)15-8)12(17)16-10-3-2-4-14-7-10/h2-7H,1H3,(H2,13,15)(H,16,17). The van der Waals surface area contributed by atoms with E-state index in [1.165, 1.54) is 0 Å². The number of nitrogen functional groups attached to an aromatic ring is 1. The summed E-state index contributed by atoms with van der Waals surface area (Å²) in [5.74, 6) is 0.108. The number of rotatable bonds is 2. The molecule has 0 aliphatic rings. The Morgan fingerprint density at radius 2 is 2.24 bits per heavy atom. The highest BCUT2D eigenvalue weighted by molar-refractivity contribution is 6.04. The van der Waals surface area contributed by atoms with E-state index in [2.05, 4.69) is 15.3 Å². The van der Waals surface area contributed by atoms with Gasteiger partial charge in [0, 0.05) is 17.5 Å². The van der Waals surface area contributed by atoms with Crippen molar-refractivity contribution >= 4 is 17.4 Å². The Kier molecular flexibility index (Phi) is 3.00. The van der Waals surface area contributed by atoms with Gasteiger partial charge in [-0.3, -0.25) is 9.78 Å². The summed E-state index contributed by atoms with van der Waals surface area (Å²) in [6.07, 6.45) is 3.22. The Morgan fingerprint density at radius 3 is 2.88 bits per heavy atom. The van der Waals surface area contributed by atoms with Gasteiger partial charge in [0.1, 0.15) is 5.82 Å². The lowest BCUT2D eigenvalue weighted by molar-refractivity contribution is 0.102. The first-order valence-corrected chi connectivity index (χ1v) is 5.11. The third-order valence-corrected chi connectivity index (χ3v) is 2.15. The number of hydrogen-bond acceptors (Lipinski definition) is 4. The van der Waals surface area contributed by atoms with E-state index in [9.17, 15) is 4.79 Å². The zero-order valence-corrected chi connectivity index (χ0v) is 9.34. The molecule has 0 spiro atoms. The van der Waals surface area contributed by atoms with Gasteiger partial charge in [-0.2, -0.15) is 0 Å². The zero-order valence-electron chi connectivity index (χ0n) is 9.34. The van der Waals surface area contributed by atoms with Gasteiger partial charge in [0.05, 0.1) is 11.9 Å². The average molecular weight is 228 g/mol. The molecule has 1 amide bonds. The number of anilines is 2. The molecule has 5 heteroatoms. The maximum Gasteiger partial charge on any atom is 0.255 e. The second-order valence-electron chi connectivity index (χ2n) is 3.62. The zero-order chi connectivity index (χ0) is 12.3. The molecule has 0 fully saturated rings. The van der Waals surface area contributed by atoms with Crippen molar-refractivity contribution in [2.75, 3.05) is 11.1 Å². The molecule has 86 valence electrons. The molecule has 0 atom stereocenters. The van der Waals surface area contributed by atoms with E-state index in [0.29, 0.717) is 22.8 Å². The lowest BCUT2D eigenvalue weighted by Crippen LogP contribution is -2.13. The monoisotopic (exact) mass is 228 g/mol. The topological polar surface area (TPSA) is 80.9 Å². The Balaban J connectivity index is 2.20. The van der Waals surface area contributed by atoms with Crippen molar-refractivity contribution in [2.45, 2.75) is 6.92 Å². The largest absolute Gasteiger partial charge is 0.384 e. The third-order valence-electron chi connectivity index (χ3n) is 2.15. The van der Waals surface area contributed by atoms with E-state index in [-0.39, 0.29) is 5.91 Å². The number of hydrogen-bond donors (Lipinski definition) is 2. The Bertz CT molecular complexity index is 519. The molecule has 0 bridgehead atoms. The van der Waals surface area contributed by atoms with Crippen molar-refractivity contribution in [3.8, 4) is 0 Å². The summed E-state index contributed by atoms with van der Waals surface area (Å²) >= 11 is 0. The highest BCUT2D eigenvalue weighted by Gasteiger charge is 2.07. The first-order valence-electron chi connectivity index (χ1n) is 5.11. The van der Waals surface area contributed by atoms with E-state index < -0.39 is 0 Å². The van der Waals surface area contributed by atoms with E-state index in [1.807, 2.05) is 0 Å². The minimum absolute atomic E-state index is 0.227. The van der Waals surface area contributed by atoms with Crippen LogP contribution < -0.4 is 11.1 Å². The predicted octanol–water partition coefficient (Wildman–Crippen LogP) is 1.62. The maximum absolute atomic E-state index is 11.9. The number of aromatic nitrogens is 2. The smallest absolute Gasteiger partial charge is 0.255 e. The minimum atomic E-state index is -0.227. The summed E-state index contributed by atoms with van der Waals surface area (Å²) in [5, 5.41) is 2.73. The van der Waals surface area contributed by atoms with Crippen LogP contribution in [-0.2, 0) is 0 Å². The summed E-state index contributed by atoms with van der Waals surface area (Å²) in [5.41, 5.74) is 7.43. The number of carbonyl (C=O) groups is 1. The molecule has 0 saturated carbocycles. The molecule has 5 nitrogen and oxygen atoms in total. The van der Waals surface area contributed by atoms with Gasteiger partial charge in [0.25, 0.3) is 5.91 Å². The summed E-state index contributed by atoms with van der Waals surface area (Å²) in [4.78, 5) is 19.8. The number of carbonyl (C=O) groups excluding carboxylic acids is 1. The number of amides is 1. The van der Waals surface area contributed by atoms with Crippen LogP contribution in [-0.4, -0.2) is 15.9 Å². The van der Waals surface area contributed by atoms with Crippen molar-refractivity contribution in [1.82, 2.24) is 9.97 Å². The summed E-state index contributed by atoms with van der Waals surface area (Å²) in [7, 11) is 0. The van der Waals surface area contributed by atoms with Crippen LogP contribution in [0.2, 0.25) is 0 Å². The van der Waals surface area contributed by atoms with Crippen LogP contribution in [0.4, 0.5) is 11.5 Å². The summed E-state index contributed by atoms with van der Waals surface area (Å²) in [6.45, 7) is 1.79. The molecule has 2 heterocycles. The molecule has 0 aliphatic carbocycles. The van der Waals surface area contributed by atoms with E-state index in [1.54, 1.807) is 43.6 Å². The highest BCUT2D eigenvalue weighted by atomic mass is 16.1. The fraction of sp³-hybridized carbons (Fsp3) is 0.0833. The van der Waals surface area contributed by atoms with Crippen LogP contribution in [0.25, 0.3) is 0 Å². The van der Waals surface area contributed by atoms with Gasteiger partial charge >= 0.3 is 0 Å². The first kappa shape index (κ1) is 11.1. The second kappa shape index (κ2) is 4.61. The molecule has 0 radical (unpaired) electrons. The molecule has 0 saturated heterocycles. The number of nitrogens with two attached hydrogens (primary N) is 1. The fourth-order valence-electron chi connectivity index (χ4n) is 1.47. The predicted molar refractivity (Wildman–Crippen MR) is 65.6 cm³/mol. The molecule has 0 unspecified atom stereocenters. The SMILES string of the molecule is Cc1cc(C(=O)Nc2cccnc2)cc(N)n1. The van der Waals surface area contributed by atoms with E-state index in [0.717, 1.165) is 0 Å². The van der Waals surface area contributed by atoms with Gasteiger partial charge in [-0.25, -0.2) is 4.98 Å². The van der Waals surface area contributed by atoms with Crippen LogP contribution in [0.15, 0.2) is 36.7 Å². The number of nitrogens with one attached hydrogen (secondary N) is 1. The molecule has 3 N–H and O–H groups in total. The molecule has 2 aromatic rings. The van der Waals surface area contributed by atoms with Gasteiger partial charge in [-0.1, -0.05) is 0 Å². The lowest BCUT2D eigenvalue weighted by Gasteiger charge is -2.05. The van der Waals surface area contributed by atoms with Gasteiger partial charge in [0.2, 0.25) is 0 Å². The Labute approximate surface area is 98.7 Å². The van der Waals surface area contributed by atoms with Crippen molar-refractivity contribution in [2.24, 2.45) is 0 Å². The van der Waals surface area contributed by atoms with E-state index >= 15 is 0 Å². The van der Waals surface area contributed by atoms with Crippen molar-refractivity contribution in [3.05, 3.63) is 47.9 Å². The van der Waals surface area contributed by atoms with Crippen LogP contribution >= 0.6 is 0 Å². The summed E-state index contributed by atoms with van der Waals surface area (Å²) in [6, 6.07) is 6.74. The highest BCUT2D eigenvalue weighted by Crippen LogP contribution is 2.10. The fourth-order valence-corrected chi connectivity index (χ4v) is 1.47. The lowest BCUT2D eigenvalue weighted by atomic mass is 10.2. The minimum Gasteiger partial charge on any atom is -0.384 e. The number of pyridine rings is 2. The van der Waals surface area contributed by atoms with Gasteiger partial charge in [-0.05, 0) is 31.2 Å². The van der Waals surface area contributed by atoms with Gasteiger partial charge in [0.15, 0.2) is 0 Å². The molecule has 2 rings (SSSR count). The molecule has 2 aromatic heterocycles. The van der Waals surface area contributed by atoms with Crippen LogP contribution in [0.5, 0.6) is 0 Å². The molecule has 0 aliphatic heterocycles. The van der Waals surface area contributed by atoms with E-state index in [4.69, 9.17) is 5.73 Å². The molecular formula is C12H12N4O. The second-order valence-corrected chi connectivity index (χ2v) is 3.62. The maximum atomic E-state index is 11.9. The van der Waals surface area contributed by atoms with Crippen LogP contribution in [0, 0.1) is 6.92 Å². The Morgan fingerprint density at radius 1 is 1.41 bits per heavy atom. The number of nitrogens with zero attached hydrogens (tertiary/aromatic N) is 2. The van der Waals surface area contributed by atoms with Gasteiger partial charge < -0.3 is 11.1 Å². The van der Waals surface area contributed by atoms with Gasteiger partial charge in [-0.15, -0.1) is 0 Å². The molecule has 17 heavy (non-hydrogen) atoms. The van der Waals surface area contributed by atoms with Crippen molar-refractivity contribution < 1.29 is 4.79 Å². The first-order chi connectivity index (χ1) is 8.15. The number of aryl methyl sites for hydroxylation is 1. The van der Waals surface area contributed by atoms with Crippen molar-refractivity contribution in [3.63, 3.8) is 0 Å². The Hall–Kier alpha value is -2.43. The quantitative estimate of drug-likeness (QED) is 0.818. The van der Waals surface area contributed by atoms with Crippen LogP contribution in [0.1, 0.15) is 16.1 Å². The van der Waals surface area contributed by atoms with Crippen LogP contribution in [0.3, 0.4) is 0 Å². The summed E-state index contributed by atoms with van der Waals surface area (Å²) < 4.78 is 0.